The van der Waals surface area contributed by atoms with Crippen molar-refractivity contribution in [3.05, 3.63) is 57.9 Å². The molecule has 0 aliphatic rings. The van der Waals surface area contributed by atoms with Crippen molar-refractivity contribution in [2.45, 2.75) is 13.8 Å². The smallest absolute Gasteiger partial charge is 0.194 e. The van der Waals surface area contributed by atoms with Crippen LogP contribution in [0, 0.1) is 13.8 Å². The summed E-state index contributed by atoms with van der Waals surface area (Å²) in [5.41, 5.74) is 2.74. The molecule has 0 spiro atoms. The lowest BCUT2D eigenvalue weighted by Gasteiger charge is -2.08. The first-order valence-electron chi connectivity index (χ1n) is 5.85. The number of halogens is 1. The maximum atomic E-state index is 12.4. The Kier molecular flexibility index (Phi) is 3.86. The Morgan fingerprint density at radius 2 is 1.95 bits per heavy atom. The van der Waals surface area contributed by atoms with Crippen LogP contribution in [0.4, 0.5) is 0 Å². The van der Waals surface area contributed by atoms with Gasteiger partial charge < -0.3 is 4.74 Å². The van der Waals surface area contributed by atoms with E-state index >= 15 is 0 Å². The first-order valence-corrected chi connectivity index (χ1v) is 6.23. The quantitative estimate of drug-likeness (QED) is 0.804. The Morgan fingerprint density at radius 1 is 1.21 bits per heavy atom. The molecule has 1 aromatic heterocycles. The third-order valence-corrected chi connectivity index (χ3v) is 3.20. The fourth-order valence-electron chi connectivity index (χ4n) is 1.88. The lowest BCUT2D eigenvalue weighted by Crippen LogP contribution is -2.06. The summed E-state index contributed by atoms with van der Waals surface area (Å²) in [5.74, 6) is 0.408. The minimum absolute atomic E-state index is 0.0834. The van der Waals surface area contributed by atoms with E-state index in [-0.39, 0.29) is 5.78 Å². The number of ether oxygens (including phenoxy) is 1. The van der Waals surface area contributed by atoms with Gasteiger partial charge in [-0.2, -0.15) is 0 Å². The lowest BCUT2D eigenvalue weighted by atomic mass is 10.0. The first kappa shape index (κ1) is 13.6. The highest BCUT2D eigenvalue weighted by Gasteiger charge is 2.14. The van der Waals surface area contributed by atoms with Crippen LogP contribution in [0.15, 0.2) is 30.3 Å². The van der Waals surface area contributed by atoms with E-state index in [1.165, 1.54) is 7.11 Å². The second-order valence-corrected chi connectivity index (χ2v) is 4.67. The molecule has 2 rings (SSSR count). The topological polar surface area (TPSA) is 39.2 Å². The van der Waals surface area contributed by atoms with Crippen LogP contribution in [0.1, 0.15) is 27.3 Å². The molecule has 3 nitrogen and oxygen atoms in total. The molecular formula is C15H14ClNO2. The monoisotopic (exact) mass is 275 g/mol. The predicted octanol–water partition coefficient (Wildman–Crippen LogP) is 3.59. The number of carbonyl (C=O) groups excluding carboxylic acids is 1. The number of hydrogen-bond donors (Lipinski definition) is 0. The fourth-order valence-corrected chi connectivity index (χ4v) is 2.08. The summed E-state index contributed by atoms with van der Waals surface area (Å²) in [6.07, 6.45) is 0. The van der Waals surface area contributed by atoms with Crippen LogP contribution in [0.5, 0.6) is 5.75 Å². The number of methoxy groups -OCH3 is 1. The largest absolute Gasteiger partial charge is 0.495 e. The molecule has 0 N–H and O–H groups in total. The Balaban J connectivity index is 2.44. The zero-order valence-corrected chi connectivity index (χ0v) is 11.8. The average molecular weight is 276 g/mol. The number of benzene rings is 1. The van der Waals surface area contributed by atoms with E-state index < -0.39 is 0 Å². The highest BCUT2D eigenvalue weighted by Crippen LogP contribution is 2.26. The van der Waals surface area contributed by atoms with Gasteiger partial charge in [-0.1, -0.05) is 11.6 Å². The lowest BCUT2D eigenvalue weighted by molar-refractivity contribution is 0.103. The van der Waals surface area contributed by atoms with Crippen LogP contribution >= 0.6 is 11.6 Å². The van der Waals surface area contributed by atoms with Crippen LogP contribution in [0.3, 0.4) is 0 Å². The normalized spacial score (nSPS) is 10.3. The SMILES string of the molecule is COc1cc(C(=O)c2ccc(C)nc2C)ccc1Cl. The van der Waals surface area contributed by atoms with Crippen molar-refractivity contribution in [2.75, 3.05) is 7.11 Å². The zero-order chi connectivity index (χ0) is 14.0. The molecule has 0 bridgehead atoms. The molecule has 0 aliphatic carbocycles. The van der Waals surface area contributed by atoms with Gasteiger partial charge in [0.05, 0.1) is 12.1 Å². The van der Waals surface area contributed by atoms with Gasteiger partial charge in [0.2, 0.25) is 0 Å². The fraction of sp³-hybridized carbons (Fsp3) is 0.200. The van der Waals surface area contributed by atoms with Crippen molar-refractivity contribution >= 4 is 17.4 Å². The number of aryl methyl sites for hydroxylation is 2. The average Bonchev–Trinajstić information content (AvgIpc) is 2.38. The van der Waals surface area contributed by atoms with Crippen molar-refractivity contribution in [2.24, 2.45) is 0 Å². The van der Waals surface area contributed by atoms with Crippen molar-refractivity contribution < 1.29 is 9.53 Å². The predicted molar refractivity (Wildman–Crippen MR) is 75.1 cm³/mol. The second kappa shape index (κ2) is 5.41. The van der Waals surface area contributed by atoms with Gasteiger partial charge >= 0.3 is 0 Å². The molecule has 0 unspecified atom stereocenters. The van der Waals surface area contributed by atoms with E-state index in [9.17, 15) is 4.79 Å². The molecule has 0 atom stereocenters. The molecule has 0 aliphatic heterocycles. The maximum absolute atomic E-state index is 12.4. The van der Waals surface area contributed by atoms with E-state index in [4.69, 9.17) is 16.3 Å². The maximum Gasteiger partial charge on any atom is 0.194 e. The number of pyridine rings is 1. The summed E-state index contributed by atoms with van der Waals surface area (Å²) < 4.78 is 5.12. The molecule has 98 valence electrons. The molecule has 19 heavy (non-hydrogen) atoms. The second-order valence-electron chi connectivity index (χ2n) is 4.26. The highest BCUT2D eigenvalue weighted by molar-refractivity contribution is 6.32. The van der Waals surface area contributed by atoms with Crippen molar-refractivity contribution in [1.82, 2.24) is 4.98 Å². The molecule has 1 heterocycles. The Bertz CT molecular complexity index is 638. The summed E-state index contributed by atoms with van der Waals surface area (Å²) in [7, 11) is 1.52. The van der Waals surface area contributed by atoms with Crippen molar-refractivity contribution in [1.29, 1.82) is 0 Å². The van der Waals surface area contributed by atoms with Crippen LogP contribution in [-0.2, 0) is 0 Å². The molecule has 0 amide bonds. The van der Waals surface area contributed by atoms with Crippen LogP contribution in [0.25, 0.3) is 0 Å². The molecule has 0 fully saturated rings. The number of ketones is 1. The summed E-state index contributed by atoms with van der Waals surface area (Å²) in [6, 6.07) is 8.61. The third-order valence-electron chi connectivity index (χ3n) is 2.88. The van der Waals surface area contributed by atoms with Gasteiger partial charge in [-0.3, -0.25) is 9.78 Å². The summed E-state index contributed by atoms with van der Waals surface area (Å²) in [6.45, 7) is 3.72. The number of carbonyl (C=O) groups is 1. The van der Waals surface area contributed by atoms with Gasteiger partial charge in [-0.15, -0.1) is 0 Å². The first-order chi connectivity index (χ1) is 9.02. The van der Waals surface area contributed by atoms with Crippen LogP contribution in [0.2, 0.25) is 5.02 Å². The Hall–Kier alpha value is -1.87. The van der Waals surface area contributed by atoms with E-state index in [0.29, 0.717) is 21.9 Å². The number of rotatable bonds is 3. The minimum Gasteiger partial charge on any atom is -0.495 e. The van der Waals surface area contributed by atoms with Gasteiger partial charge in [0.1, 0.15) is 5.75 Å². The van der Waals surface area contributed by atoms with Gasteiger partial charge in [-0.05, 0) is 44.2 Å². The van der Waals surface area contributed by atoms with Crippen molar-refractivity contribution in [3.63, 3.8) is 0 Å². The molecule has 4 heteroatoms. The summed E-state index contributed by atoms with van der Waals surface area (Å²) in [5, 5.41) is 0.484. The summed E-state index contributed by atoms with van der Waals surface area (Å²) >= 11 is 5.95. The molecular weight excluding hydrogens is 262 g/mol. The number of nitrogens with zero attached hydrogens (tertiary/aromatic N) is 1. The van der Waals surface area contributed by atoms with E-state index in [1.54, 1.807) is 24.3 Å². The van der Waals surface area contributed by atoms with Crippen LogP contribution in [-0.4, -0.2) is 17.9 Å². The van der Waals surface area contributed by atoms with Gasteiger partial charge in [0, 0.05) is 22.5 Å². The third kappa shape index (κ3) is 2.76. The minimum atomic E-state index is -0.0834. The molecule has 1 aromatic carbocycles. The number of aromatic nitrogens is 1. The molecule has 0 radical (unpaired) electrons. The molecule has 0 saturated carbocycles. The van der Waals surface area contributed by atoms with Crippen LogP contribution < -0.4 is 4.74 Å². The van der Waals surface area contributed by atoms with Gasteiger partial charge in [-0.25, -0.2) is 0 Å². The van der Waals surface area contributed by atoms with Gasteiger partial charge in [0.15, 0.2) is 5.78 Å². The molecule has 0 saturated heterocycles. The van der Waals surface area contributed by atoms with E-state index in [1.807, 2.05) is 19.9 Å². The molecule has 2 aromatic rings. The van der Waals surface area contributed by atoms with Crippen molar-refractivity contribution in [3.8, 4) is 5.75 Å². The standard InChI is InChI=1S/C15H14ClNO2/c1-9-4-6-12(10(2)17-9)15(18)11-5-7-13(16)14(8-11)19-3/h4-8H,1-3H3. The van der Waals surface area contributed by atoms with E-state index in [2.05, 4.69) is 4.98 Å². The Morgan fingerprint density at radius 3 is 2.58 bits per heavy atom. The van der Waals surface area contributed by atoms with E-state index in [0.717, 1.165) is 11.4 Å². The van der Waals surface area contributed by atoms with Gasteiger partial charge in [0.25, 0.3) is 0 Å². The highest BCUT2D eigenvalue weighted by atomic mass is 35.5. The zero-order valence-electron chi connectivity index (χ0n) is 11.0. The number of hydrogen-bond acceptors (Lipinski definition) is 3. The summed E-state index contributed by atoms with van der Waals surface area (Å²) in [4.78, 5) is 16.7. The Labute approximate surface area is 117 Å².